The third-order valence-electron chi connectivity index (χ3n) is 8.58. The van der Waals surface area contributed by atoms with Gasteiger partial charge in [-0.2, -0.15) is 4.33 Å². The number of sulfone groups is 1. The molecule has 0 aliphatic rings. The number of nitrogens with zero attached hydrogens (tertiary/aromatic N) is 2. The van der Waals surface area contributed by atoms with Gasteiger partial charge in [0.1, 0.15) is 5.82 Å². The van der Waals surface area contributed by atoms with E-state index in [0.29, 0.717) is 11.3 Å². The van der Waals surface area contributed by atoms with Gasteiger partial charge >= 0.3 is 0 Å². The van der Waals surface area contributed by atoms with E-state index in [-0.39, 0.29) is 17.9 Å². The maximum Gasteiger partial charge on any atom is 0.251 e. The van der Waals surface area contributed by atoms with E-state index in [4.69, 9.17) is 9.22 Å². The van der Waals surface area contributed by atoms with Gasteiger partial charge in [0, 0.05) is 39.9 Å². The van der Waals surface area contributed by atoms with Crippen molar-refractivity contribution in [3.63, 3.8) is 0 Å². The SMILES string of the molecule is COOSc1ccc(-c2c(-c3cccc(-c4cc(C(C)(C)S(C)(=O)=O)cc5cccnc45)c3)ccc(=O)n2Cc2ccc(F)cc2)cc1. The van der Waals surface area contributed by atoms with Crippen molar-refractivity contribution in [1.82, 2.24) is 9.55 Å². The zero-order chi connectivity index (χ0) is 34.1. The zero-order valence-corrected chi connectivity index (χ0v) is 28.4. The molecule has 0 spiro atoms. The number of rotatable bonds is 10. The first-order valence-corrected chi connectivity index (χ1v) is 17.8. The first-order valence-electron chi connectivity index (χ1n) is 15.1. The molecule has 6 rings (SSSR count). The largest absolute Gasteiger partial charge is 0.303 e. The van der Waals surface area contributed by atoms with Crippen LogP contribution in [-0.2, 0) is 30.4 Å². The van der Waals surface area contributed by atoms with Gasteiger partial charge in [-0.3, -0.25) is 9.78 Å². The van der Waals surface area contributed by atoms with Crippen LogP contribution in [0.4, 0.5) is 4.39 Å². The maximum atomic E-state index is 13.8. The molecule has 0 saturated carbocycles. The summed E-state index contributed by atoms with van der Waals surface area (Å²) in [6.07, 6.45) is 2.97. The minimum atomic E-state index is -3.45. The average Bonchev–Trinajstić information content (AvgIpc) is 3.08. The number of hydrogen-bond donors (Lipinski definition) is 0. The third kappa shape index (κ3) is 6.70. The standard InChI is InChI=1S/C38H33FN2O5S2/c1-38(2,48(4,43)44)30-22-29-9-6-20-40-36(29)34(23-30)28-8-5-7-27(21-28)33-18-19-35(42)41(24-25-10-14-31(39)15-11-25)37(33)26-12-16-32(17-13-26)47-46-45-3/h5-23H,24H2,1-4H3. The summed E-state index contributed by atoms with van der Waals surface area (Å²) in [6.45, 7) is 3.65. The summed E-state index contributed by atoms with van der Waals surface area (Å²) >= 11 is 1.07. The van der Waals surface area contributed by atoms with Crippen molar-refractivity contribution in [2.75, 3.05) is 13.4 Å². The highest BCUT2D eigenvalue weighted by Gasteiger charge is 2.33. The molecule has 0 aliphatic carbocycles. The Morgan fingerprint density at radius 1 is 0.833 bits per heavy atom. The predicted octanol–water partition coefficient (Wildman–Crippen LogP) is 8.45. The Hall–Kier alpha value is -4.61. The van der Waals surface area contributed by atoms with Crippen molar-refractivity contribution in [2.24, 2.45) is 0 Å². The molecule has 48 heavy (non-hydrogen) atoms. The molecule has 7 nitrogen and oxygen atoms in total. The minimum absolute atomic E-state index is 0.207. The van der Waals surface area contributed by atoms with Crippen LogP contribution < -0.4 is 5.56 Å². The summed E-state index contributed by atoms with van der Waals surface area (Å²) in [5.41, 5.74) is 6.73. The summed E-state index contributed by atoms with van der Waals surface area (Å²) in [5.74, 6) is -0.353. The third-order valence-corrected chi connectivity index (χ3v) is 11.3. The fourth-order valence-corrected chi connectivity index (χ4v) is 6.56. The van der Waals surface area contributed by atoms with Crippen molar-refractivity contribution in [3.8, 4) is 33.5 Å². The molecule has 0 aliphatic heterocycles. The van der Waals surface area contributed by atoms with Gasteiger partial charge in [-0.15, -0.1) is 0 Å². The van der Waals surface area contributed by atoms with E-state index in [2.05, 4.69) is 4.98 Å². The fourth-order valence-electron chi connectivity index (χ4n) is 5.62. The fraction of sp³-hybridized carbons (Fsp3) is 0.158. The lowest BCUT2D eigenvalue weighted by molar-refractivity contribution is -0.160. The predicted molar refractivity (Wildman–Crippen MR) is 190 cm³/mol. The molecule has 10 heteroatoms. The van der Waals surface area contributed by atoms with E-state index in [0.717, 1.165) is 61.2 Å². The molecule has 0 atom stereocenters. The van der Waals surface area contributed by atoms with Gasteiger partial charge in [0.25, 0.3) is 5.56 Å². The second kappa shape index (κ2) is 13.5. The van der Waals surface area contributed by atoms with Gasteiger partial charge in [-0.1, -0.05) is 48.5 Å². The zero-order valence-electron chi connectivity index (χ0n) is 26.8. The number of fused-ring (bicyclic) bond motifs is 1. The summed E-state index contributed by atoms with van der Waals surface area (Å²) in [4.78, 5) is 23.7. The summed E-state index contributed by atoms with van der Waals surface area (Å²) in [6, 6.07) is 32.5. The summed E-state index contributed by atoms with van der Waals surface area (Å²) < 4.78 is 45.0. The van der Waals surface area contributed by atoms with Gasteiger partial charge in [0.2, 0.25) is 0 Å². The number of aromatic nitrogens is 2. The van der Waals surface area contributed by atoms with Gasteiger partial charge < -0.3 is 4.57 Å². The first-order chi connectivity index (χ1) is 23.0. The Kier molecular flexibility index (Phi) is 9.35. The maximum absolute atomic E-state index is 13.8. The monoisotopic (exact) mass is 680 g/mol. The lowest BCUT2D eigenvalue weighted by Gasteiger charge is -2.24. The number of benzene rings is 4. The highest BCUT2D eigenvalue weighted by molar-refractivity contribution is 7.94. The summed E-state index contributed by atoms with van der Waals surface area (Å²) in [5, 5.41) is 0.830. The molecule has 4 aromatic carbocycles. The molecule has 2 heterocycles. The molecule has 0 unspecified atom stereocenters. The van der Waals surface area contributed by atoms with E-state index in [9.17, 15) is 17.6 Å². The van der Waals surface area contributed by atoms with E-state index in [1.807, 2.05) is 78.9 Å². The smallest absolute Gasteiger partial charge is 0.251 e. The molecule has 0 fully saturated rings. The molecular weight excluding hydrogens is 648 g/mol. The minimum Gasteiger partial charge on any atom is -0.303 e. The number of halogens is 1. The van der Waals surface area contributed by atoms with Crippen molar-refractivity contribution < 1.29 is 22.0 Å². The van der Waals surface area contributed by atoms with Crippen molar-refractivity contribution in [2.45, 2.75) is 30.0 Å². The normalized spacial score (nSPS) is 12.0. The lowest BCUT2D eigenvalue weighted by Crippen LogP contribution is -2.28. The second-order valence-corrected chi connectivity index (χ2v) is 15.3. The first kappa shape index (κ1) is 33.3. The molecule has 0 amide bonds. The Morgan fingerprint density at radius 2 is 1.54 bits per heavy atom. The molecular formula is C38H33FN2O5S2. The molecule has 0 saturated heterocycles. The number of pyridine rings is 2. The van der Waals surface area contributed by atoms with Crippen molar-refractivity contribution >= 4 is 32.8 Å². The molecule has 0 radical (unpaired) electrons. The highest BCUT2D eigenvalue weighted by Crippen LogP contribution is 2.39. The molecule has 6 aromatic rings. The molecule has 2 aromatic heterocycles. The van der Waals surface area contributed by atoms with Crippen LogP contribution in [0.1, 0.15) is 25.0 Å². The molecule has 244 valence electrons. The average molecular weight is 681 g/mol. The van der Waals surface area contributed by atoms with E-state index in [1.165, 1.54) is 31.6 Å². The molecule has 0 bridgehead atoms. The van der Waals surface area contributed by atoms with Crippen LogP contribution in [0.15, 0.2) is 125 Å². The number of hydrogen-bond acceptors (Lipinski definition) is 7. The van der Waals surface area contributed by atoms with Crippen molar-refractivity contribution in [3.05, 3.63) is 143 Å². The quantitative estimate of drug-likeness (QED) is 0.0815. The van der Waals surface area contributed by atoms with Gasteiger partial charge in [0.05, 0.1) is 41.7 Å². The van der Waals surface area contributed by atoms with Crippen LogP contribution in [0.3, 0.4) is 0 Å². The Bertz CT molecular complexity index is 2280. The van der Waals surface area contributed by atoms with Gasteiger partial charge in [0.15, 0.2) is 9.84 Å². The van der Waals surface area contributed by atoms with E-state index >= 15 is 0 Å². The second-order valence-electron chi connectivity index (χ2n) is 12.0. The van der Waals surface area contributed by atoms with Gasteiger partial charge in [-0.05, 0) is 96.3 Å². The Labute approximate surface area is 283 Å². The lowest BCUT2D eigenvalue weighted by atomic mass is 9.91. The van der Waals surface area contributed by atoms with Crippen LogP contribution in [0, 0.1) is 5.82 Å². The van der Waals surface area contributed by atoms with Crippen LogP contribution >= 0.6 is 12.0 Å². The van der Waals surface area contributed by atoms with Crippen LogP contribution in [0.5, 0.6) is 0 Å². The highest BCUT2D eigenvalue weighted by atomic mass is 32.2. The molecule has 0 N–H and O–H groups in total. The van der Waals surface area contributed by atoms with Gasteiger partial charge in [-0.25, -0.2) is 17.7 Å². The van der Waals surface area contributed by atoms with Crippen LogP contribution in [0.25, 0.3) is 44.4 Å². The van der Waals surface area contributed by atoms with E-state index in [1.54, 1.807) is 36.7 Å². The Balaban J connectivity index is 1.55. The van der Waals surface area contributed by atoms with Crippen LogP contribution in [0.2, 0.25) is 0 Å². The van der Waals surface area contributed by atoms with Crippen LogP contribution in [-0.4, -0.2) is 31.3 Å². The van der Waals surface area contributed by atoms with Crippen molar-refractivity contribution in [1.29, 1.82) is 0 Å². The Morgan fingerprint density at radius 3 is 2.23 bits per heavy atom. The summed E-state index contributed by atoms with van der Waals surface area (Å²) in [7, 11) is -2.01. The van der Waals surface area contributed by atoms with E-state index < -0.39 is 14.6 Å². The topological polar surface area (TPSA) is 87.5 Å².